The van der Waals surface area contributed by atoms with Crippen LogP contribution in [0.25, 0.3) is 10.2 Å². The molecule has 2 aromatic rings. The third-order valence-electron chi connectivity index (χ3n) is 4.08. The number of nitrogens with zero attached hydrogens (tertiary/aromatic N) is 2. The molecule has 0 unspecified atom stereocenters. The van der Waals surface area contributed by atoms with Gasteiger partial charge in [-0.05, 0) is 31.4 Å². The molecule has 0 saturated carbocycles. The van der Waals surface area contributed by atoms with E-state index in [0.29, 0.717) is 25.9 Å². The maximum absolute atomic E-state index is 12.7. The maximum Gasteiger partial charge on any atom is 0.241 e. The van der Waals surface area contributed by atoms with Gasteiger partial charge in [0.1, 0.15) is 11.3 Å². The lowest BCUT2D eigenvalue weighted by Gasteiger charge is -2.31. The van der Waals surface area contributed by atoms with Gasteiger partial charge in [0.15, 0.2) is 5.13 Å². The predicted octanol–water partition coefficient (Wildman–Crippen LogP) is 4.09. The van der Waals surface area contributed by atoms with Crippen LogP contribution in [0.5, 0.6) is 5.75 Å². The molecular weight excluding hydrogens is 294 g/mol. The Hall–Kier alpha value is -1.43. The lowest BCUT2D eigenvalue weighted by molar-refractivity contribution is 0.0636. The number of alkyl halides is 2. The average Bonchev–Trinajstić information content (AvgIpc) is 2.94. The van der Waals surface area contributed by atoms with Gasteiger partial charge in [0.25, 0.3) is 0 Å². The highest BCUT2D eigenvalue weighted by atomic mass is 32.1. The molecule has 1 aromatic heterocycles. The van der Waals surface area contributed by atoms with Gasteiger partial charge in [-0.3, -0.25) is 0 Å². The highest BCUT2D eigenvalue weighted by molar-refractivity contribution is 7.22. The number of rotatable bonds is 3. The number of hydrogen-bond donors (Lipinski definition) is 0. The van der Waals surface area contributed by atoms with Crippen molar-refractivity contribution in [2.45, 2.75) is 26.2 Å². The van der Waals surface area contributed by atoms with Crippen molar-refractivity contribution in [1.82, 2.24) is 4.98 Å². The monoisotopic (exact) mass is 312 g/mol. The van der Waals surface area contributed by atoms with Gasteiger partial charge in [-0.2, -0.15) is 0 Å². The first-order valence-corrected chi connectivity index (χ1v) is 7.89. The van der Waals surface area contributed by atoms with Crippen molar-refractivity contribution in [2.24, 2.45) is 5.92 Å². The molecule has 0 atom stereocenters. The molecule has 0 N–H and O–H groups in total. The fourth-order valence-corrected chi connectivity index (χ4v) is 3.84. The standard InChI is InChI=1S/C15H18F2N2OS/c1-9-3-4-11(20-2)12-13(9)21-15(18-12)19-7-5-10(6-8-19)14(16)17/h3-4,10,14H,5-8H2,1-2H3. The first-order valence-electron chi connectivity index (χ1n) is 7.07. The fraction of sp³-hybridized carbons (Fsp3) is 0.533. The zero-order chi connectivity index (χ0) is 15.0. The summed E-state index contributed by atoms with van der Waals surface area (Å²) < 4.78 is 31.9. The number of piperidine rings is 1. The molecule has 114 valence electrons. The van der Waals surface area contributed by atoms with E-state index >= 15 is 0 Å². The van der Waals surface area contributed by atoms with E-state index in [9.17, 15) is 8.78 Å². The summed E-state index contributed by atoms with van der Waals surface area (Å²) in [5.41, 5.74) is 2.03. The molecule has 0 radical (unpaired) electrons. The molecule has 1 aliphatic rings. The molecule has 1 fully saturated rings. The predicted molar refractivity (Wildman–Crippen MR) is 81.9 cm³/mol. The number of hydrogen-bond acceptors (Lipinski definition) is 4. The van der Waals surface area contributed by atoms with Crippen molar-refractivity contribution in [3.63, 3.8) is 0 Å². The van der Waals surface area contributed by atoms with Crippen molar-refractivity contribution in [3.05, 3.63) is 17.7 Å². The summed E-state index contributed by atoms with van der Waals surface area (Å²) in [6.45, 7) is 3.35. The summed E-state index contributed by atoms with van der Waals surface area (Å²) in [5, 5.41) is 0.908. The third kappa shape index (κ3) is 2.69. The molecule has 0 spiro atoms. The normalized spacial score (nSPS) is 16.9. The highest BCUT2D eigenvalue weighted by Gasteiger charge is 2.27. The van der Waals surface area contributed by atoms with Gasteiger partial charge >= 0.3 is 0 Å². The second-order valence-corrected chi connectivity index (χ2v) is 6.40. The van der Waals surface area contributed by atoms with E-state index in [1.807, 2.05) is 19.1 Å². The average molecular weight is 312 g/mol. The van der Waals surface area contributed by atoms with Crippen LogP contribution in [-0.2, 0) is 0 Å². The van der Waals surface area contributed by atoms with Crippen molar-refractivity contribution in [2.75, 3.05) is 25.1 Å². The molecule has 0 bridgehead atoms. The highest BCUT2D eigenvalue weighted by Crippen LogP contribution is 2.37. The molecule has 21 heavy (non-hydrogen) atoms. The van der Waals surface area contributed by atoms with Gasteiger partial charge in [-0.1, -0.05) is 17.4 Å². The number of halogens is 2. The number of ether oxygens (including phenoxy) is 1. The Morgan fingerprint density at radius 1 is 1.33 bits per heavy atom. The van der Waals surface area contributed by atoms with Crippen molar-refractivity contribution in [3.8, 4) is 5.75 Å². The molecule has 6 heteroatoms. The van der Waals surface area contributed by atoms with Gasteiger partial charge in [-0.15, -0.1) is 0 Å². The van der Waals surface area contributed by atoms with Crippen molar-refractivity contribution < 1.29 is 13.5 Å². The number of anilines is 1. The lowest BCUT2D eigenvalue weighted by atomic mass is 9.98. The molecule has 2 heterocycles. The van der Waals surface area contributed by atoms with Crippen LogP contribution < -0.4 is 9.64 Å². The van der Waals surface area contributed by atoms with Gasteiger partial charge in [-0.25, -0.2) is 13.8 Å². The van der Waals surface area contributed by atoms with Gasteiger partial charge in [0, 0.05) is 19.0 Å². The van der Waals surface area contributed by atoms with E-state index in [1.165, 1.54) is 0 Å². The summed E-state index contributed by atoms with van der Waals surface area (Å²) in [6, 6.07) is 3.94. The number of benzene rings is 1. The Bertz CT molecular complexity index is 636. The Morgan fingerprint density at radius 2 is 2.05 bits per heavy atom. The van der Waals surface area contributed by atoms with Crippen molar-refractivity contribution >= 4 is 26.7 Å². The van der Waals surface area contributed by atoms with E-state index in [4.69, 9.17) is 4.74 Å². The minimum absolute atomic E-state index is 0.466. The van der Waals surface area contributed by atoms with Gasteiger partial charge in [0.2, 0.25) is 6.43 Å². The first-order chi connectivity index (χ1) is 10.1. The van der Waals surface area contributed by atoms with Crippen LogP contribution in [0.4, 0.5) is 13.9 Å². The Labute approximate surface area is 126 Å². The second-order valence-electron chi connectivity index (χ2n) is 5.42. The third-order valence-corrected chi connectivity index (χ3v) is 5.33. The zero-order valence-corrected chi connectivity index (χ0v) is 12.9. The Morgan fingerprint density at radius 3 is 2.67 bits per heavy atom. The minimum Gasteiger partial charge on any atom is -0.494 e. The molecule has 3 rings (SSSR count). The van der Waals surface area contributed by atoms with Crippen LogP contribution in [0, 0.1) is 12.8 Å². The SMILES string of the molecule is COc1ccc(C)c2sc(N3CCC(C(F)F)CC3)nc12. The number of aromatic nitrogens is 1. The van der Waals surface area contributed by atoms with E-state index in [1.54, 1.807) is 18.4 Å². The van der Waals surface area contributed by atoms with Crippen LogP contribution in [0.3, 0.4) is 0 Å². The summed E-state index contributed by atoms with van der Waals surface area (Å²) in [4.78, 5) is 6.78. The van der Waals surface area contributed by atoms with E-state index in [-0.39, 0.29) is 0 Å². The summed E-state index contributed by atoms with van der Waals surface area (Å²) >= 11 is 1.62. The second kappa shape index (κ2) is 5.75. The topological polar surface area (TPSA) is 25.4 Å². The van der Waals surface area contributed by atoms with Crippen LogP contribution in [0.2, 0.25) is 0 Å². The van der Waals surface area contributed by atoms with Crippen LogP contribution >= 0.6 is 11.3 Å². The van der Waals surface area contributed by atoms with Crippen LogP contribution in [-0.4, -0.2) is 31.6 Å². The quantitative estimate of drug-likeness (QED) is 0.853. The summed E-state index contributed by atoms with van der Waals surface area (Å²) in [5.74, 6) is 0.299. The van der Waals surface area contributed by atoms with Crippen molar-refractivity contribution in [1.29, 1.82) is 0 Å². The molecule has 3 nitrogen and oxygen atoms in total. The molecule has 0 aliphatic carbocycles. The zero-order valence-electron chi connectivity index (χ0n) is 12.1. The number of methoxy groups -OCH3 is 1. The van der Waals surface area contributed by atoms with Gasteiger partial charge in [0.05, 0.1) is 11.8 Å². The van der Waals surface area contributed by atoms with Crippen LogP contribution in [0.15, 0.2) is 12.1 Å². The number of thiazole rings is 1. The molecular formula is C15H18F2N2OS. The van der Waals surface area contributed by atoms with Gasteiger partial charge < -0.3 is 9.64 Å². The number of fused-ring (bicyclic) bond motifs is 1. The summed E-state index contributed by atoms with van der Waals surface area (Å²) in [6.07, 6.45) is -1.14. The fourth-order valence-electron chi connectivity index (χ4n) is 2.74. The largest absolute Gasteiger partial charge is 0.494 e. The minimum atomic E-state index is -2.20. The molecule has 0 amide bonds. The Balaban J connectivity index is 1.87. The maximum atomic E-state index is 12.7. The van der Waals surface area contributed by atoms with Crippen LogP contribution in [0.1, 0.15) is 18.4 Å². The molecule has 1 saturated heterocycles. The van der Waals surface area contributed by atoms with E-state index < -0.39 is 12.3 Å². The first kappa shape index (κ1) is 14.5. The van der Waals surface area contributed by atoms with E-state index in [0.717, 1.165) is 26.7 Å². The smallest absolute Gasteiger partial charge is 0.241 e. The molecule has 1 aliphatic heterocycles. The Kier molecular flexibility index (Phi) is 3.97. The van der Waals surface area contributed by atoms with E-state index in [2.05, 4.69) is 9.88 Å². The summed E-state index contributed by atoms with van der Waals surface area (Å²) in [7, 11) is 1.64. The molecule has 1 aromatic carbocycles. The number of aryl methyl sites for hydroxylation is 1. The lowest BCUT2D eigenvalue weighted by Crippen LogP contribution is -2.35.